The molecule has 0 fully saturated rings. The minimum atomic E-state index is -0.195. The largest absolute Gasteiger partial charge is 0.322 e. The molecule has 3 rings (SSSR count). The van der Waals surface area contributed by atoms with E-state index in [0.717, 1.165) is 15.7 Å². The summed E-state index contributed by atoms with van der Waals surface area (Å²) >= 11 is 3.44. The lowest BCUT2D eigenvalue weighted by molar-refractivity contribution is 0.0987. The number of nitrogens with zero attached hydrogens (tertiary/aromatic N) is 1. The fourth-order valence-electron chi connectivity index (χ4n) is 2.84. The van der Waals surface area contributed by atoms with Crippen molar-refractivity contribution < 1.29 is 9.59 Å². The van der Waals surface area contributed by atoms with Crippen LogP contribution in [0.5, 0.6) is 0 Å². The predicted molar refractivity (Wildman–Crippen MR) is 117 cm³/mol. The molecular formula is C23H21BrN2O2. The monoisotopic (exact) mass is 436 g/mol. The molecule has 3 aromatic rings. The van der Waals surface area contributed by atoms with Crippen molar-refractivity contribution in [3.05, 3.63) is 94.0 Å². The van der Waals surface area contributed by atoms with Gasteiger partial charge in [0.15, 0.2) is 0 Å². The van der Waals surface area contributed by atoms with Crippen LogP contribution in [0.3, 0.4) is 0 Å². The molecule has 5 heteroatoms. The van der Waals surface area contributed by atoms with Gasteiger partial charge in [-0.25, -0.2) is 0 Å². The number of para-hydroxylation sites is 1. The minimum Gasteiger partial charge on any atom is -0.322 e. The number of benzene rings is 3. The van der Waals surface area contributed by atoms with E-state index < -0.39 is 0 Å². The van der Waals surface area contributed by atoms with Crippen molar-refractivity contribution in [3.63, 3.8) is 0 Å². The van der Waals surface area contributed by atoms with Gasteiger partial charge in [0, 0.05) is 33.5 Å². The lowest BCUT2D eigenvalue weighted by Crippen LogP contribution is -2.30. The first-order chi connectivity index (χ1) is 13.5. The quantitative estimate of drug-likeness (QED) is 0.559. The van der Waals surface area contributed by atoms with Crippen molar-refractivity contribution in [2.45, 2.75) is 13.8 Å². The van der Waals surface area contributed by atoms with Gasteiger partial charge in [-0.05, 0) is 67.9 Å². The average Bonchev–Trinajstić information content (AvgIpc) is 2.72. The summed E-state index contributed by atoms with van der Waals surface area (Å²) in [5, 5.41) is 2.86. The number of hydrogen-bond acceptors (Lipinski definition) is 2. The van der Waals surface area contributed by atoms with Crippen LogP contribution in [-0.4, -0.2) is 18.4 Å². The Balaban J connectivity index is 1.73. The van der Waals surface area contributed by atoms with Gasteiger partial charge < -0.3 is 10.2 Å². The van der Waals surface area contributed by atoms with Crippen LogP contribution in [0.15, 0.2) is 77.3 Å². The number of nitrogens with one attached hydrogen (secondary N) is 1. The molecule has 2 amide bonds. The number of halogens is 1. The van der Waals surface area contributed by atoms with Crippen molar-refractivity contribution in [2.75, 3.05) is 16.8 Å². The molecule has 0 saturated heterocycles. The number of carbonyl (C=O) groups excluding carboxylic acids is 2. The summed E-state index contributed by atoms with van der Waals surface area (Å²) in [5.74, 6) is -0.270. The molecule has 0 aromatic heterocycles. The normalized spacial score (nSPS) is 10.4. The Morgan fingerprint density at radius 2 is 1.57 bits per heavy atom. The highest BCUT2D eigenvalue weighted by Crippen LogP contribution is 2.20. The van der Waals surface area contributed by atoms with Crippen molar-refractivity contribution in [1.29, 1.82) is 0 Å². The predicted octanol–water partition coefficient (Wildman–Crippen LogP) is 5.68. The highest BCUT2D eigenvalue weighted by Gasteiger charge is 2.16. The third kappa shape index (κ3) is 4.49. The SMILES string of the molecule is CCN(C(=O)c1ccc(NC(=O)c2ccc(C)c(Br)c2)cc1)c1ccccc1. The Hall–Kier alpha value is -2.92. The molecule has 0 atom stereocenters. The summed E-state index contributed by atoms with van der Waals surface area (Å²) in [6, 6.07) is 22.0. The van der Waals surface area contributed by atoms with E-state index >= 15 is 0 Å². The Morgan fingerprint density at radius 1 is 0.929 bits per heavy atom. The van der Waals surface area contributed by atoms with Crippen LogP contribution in [0, 0.1) is 6.92 Å². The smallest absolute Gasteiger partial charge is 0.258 e. The van der Waals surface area contributed by atoms with Crippen LogP contribution in [0.1, 0.15) is 33.2 Å². The van der Waals surface area contributed by atoms with E-state index in [4.69, 9.17) is 0 Å². The molecule has 0 aliphatic rings. The summed E-state index contributed by atoms with van der Waals surface area (Å²) in [6.45, 7) is 4.49. The van der Waals surface area contributed by atoms with Gasteiger partial charge in [0.05, 0.1) is 0 Å². The van der Waals surface area contributed by atoms with Gasteiger partial charge >= 0.3 is 0 Å². The lowest BCUT2D eigenvalue weighted by atomic mass is 10.1. The first kappa shape index (κ1) is 19.8. The molecule has 4 nitrogen and oxygen atoms in total. The Bertz CT molecular complexity index is 985. The molecule has 0 heterocycles. The summed E-state index contributed by atoms with van der Waals surface area (Å²) in [5.41, 5.74) is 3.71. The van der Waals surface area contributed by atoms with E-state index in [1.165, 1.54) is 0 Å². The third-order valence-corrected chi connectivity index (χ3v) is 5.31. The van der Waals surface area contributed by atoms with Gasteiger partial charge in [-0.2, -0.15) is 0 Å². The van der Waals surface area contributed by atoms with E-state index in [2.05, 4.69) is 21.2 Å². The van der Waals surface area contributed by atoms with Gasteiger partial charge in [-0.15, -0.1) is 0 Å². The lowest BCUT2D eigenvalue weighted by Gasteiger charge is -2.21. The van der Waals surface area contributed by atoms with Crippen molar-refractivity contribution >= 4 is 39.1 Å². The van der Waals surface area contributed by atoms with E-state index in [-0.39, 0.29) is 11.8 Å². The maximum absolute atomic E-state index is 12.8. The molecule has 0 saturated carbocycles. The molecule has 0 bridgehead atoms. The van der Waals surface area contributed by atoms with Gasteiger partial charge in [-0.1, -0.05) is 40.2 Å². The second-order valence-electron chi connectivity index (χ2n) is 6.38. The summed E-state index contributed by atoms with van der Waals surface area (Å²) < 4.78 is 0.890. The summed E-state index contributed by atoms with van der Waals surface area (Å²) in [6.07, 6.45) is 0. The minimum absolute atomic E-state index is 0.0750. The van der Waals surface area contributed by atoms with E-state index in [1.807, 2.05) is 50.2 Å². The highest BCUT2D eigenvalue weighted by molar-refractivity contribution is 9.10. The van der Waals surface area contributed by atoms with Gasteiger partial charge in [0.2, 0.25) is 0 Å². The van der Waals surface area contributed by atoms with E-state index in [0.29, 0.717) is 23.4 Å². The van der Waals surface area contributed by atoms with Crippen molar-refractivity contribution in [2.24, 2.45) is 0 Å². The molecule has 1 N–H and O–H groups in total. The number of rotatable bonds is 5. The van der Waals surface area contributed by atoms with Crippen LogP contribution in [-0.2, 0) is 0 Å². The number of amides is 2. The molecule has 28 heavy (non-hydrogen) atoms. The number of anilines is 2. The zero-order valence-electron chi connectivity index (χ0n) is 15.8. The van der Waals surface area contributed by atoms with Crippen LogP contribution < -0.4 is 10.2 Å². The Kier molecular flexibility index (Phi) is 6.26. The first-order valence-electron chi connectivity index (χ1n) is 9.04. The zero-order chi connectivity index (χ0) is 20.1. The van der Waals surface area contributed by atoms with Crippen LogP contribution in [0.2, 0.25) is 0 Å². The van der Waals surface area contributed by atoms with Crippen LogP contribution in [0.4, 0.5) is 11.4 Å². The first-order valence-corrected chi connectivity index (χ1v) is 9.83. The maximum atomic E-state index is 12.8. The number of hydrogen-bond donors (Lipinski definition) is 1. The Labute approximate surface area is 173 Å². The van der Waals surface area contributed by atoms with Gasteiger partial charge in [0.1, 0.15) is 0 Å². The molecule has 142 valence electrons. The van der Waals surface area contributed by atoms with Gasteiger partial charge in [0.25, 0.3) is 11.8 Å². The van der Waals surface area contributed by atoms with Gasteiger partial charge in [-0.3, -0.25) is 9.59 Å². The van der Waals surface area contributed by atoms with E-state index in [1.54, 1.807) is 41.3 Å². The van der Waals surface area contributed by atoms with E-state index in [9.17, 15) is 9.59 Å². The summed E-state index contributed by atoms with van der Waals surface area (Å²) in [4.78, 5) is 27.0. The fraction of sp³-hybridized carbons (Fsp3) is 0.130. The van der Waals surface area contributed by atoms with Crippen LogP contribution in [0.25, 0.3) is 0 Å². The molecule has 0 spiro atoms. The zero-order valence-corrected chi connectivity index (χ0v) is 17.4. The summed E-state index contributed by atoms with van der Waals surface area (Å²) in [7, 11) is 0. The molecule has 0 radical (unpaired) electrons. The number of carbonyl (C=O) groups is 2. The topological polar surface area (TPSA) is 49.4 Å². The standard InChI is InChI=1S/C23H21BrN2O2/c1-3-26(20-7-5-4-6-8-20)23(28)17-11-13-19(14-12-17)25-22(27)18-10-9-16(2)21(24)15-18/h4-15H,3H2,1-2H3,(H,25,27). The number of aryl methyl sites for hydroxylation is 1. The molecule has 0 aliphatic heterocycles. The highest BCUT2D eigenvalue weighted by atomic mass is 79.9. The third-order valence-electron chi connectivity index (χ3n) is 4.45. The average molecular weight is 437 g/mol. The molecular weight excluding hydrogens is 416 g/mol. The van der Waals surface area contributed by atoms with Crippen molar-refractivity contribution in [3.8, 4) is 0 Å². The van der Waals surface area contributed by atoms with Crippen LogP contribution >= 0.6 is 15.9 Å². The molecule has 0 aliphatic carbocycles. The fourth-order valence-corrected chi connectivity index (χ4v) is 3.22. The second-order valence-corrected chi connectivity index (χ2v) is 7.23. The maximum Gasteiger partial charge on any atom is 0.258 e. The Morgan fingerprint density at radius 3 is 2.18 bits per heavy atom. The molecule has 0 unspecified atom stereocenters. The van der Waals surface area contributed by atoms with Crippen molar-refractivity contribution in [1.82, 2.24) is 0 Å². The second kappa shape index (κ2) is 8.85. The molecule has 3 aromatic carbocycles.